The summed E-state index contributed by atoms with van der Waals surface area (Å²) in [7, 11) is 1.97. The number of benzene rings is 2. The first-order chi connectivity index (χ1) is 9.61. The standard InChI is InChI=1S/C18H23NO/c1-13-9-10-18(15(3)11-13)20-12-17(19-4)16-8-6-5-7-14(16)2/h5-11,17,19H,12H2,1-4H3. The molecule has 2 aromatic rings. The molecule has 0 saturated carbocycles. The van der Waals surface area contributed by atoms with Gasteiger partial charge in [0.15, 0.2) is 0 Å². The van der Waals surface area contributed by atoms with Gasteiger partial charge in [0.05, 0.1) is 6.04 Å². The van der Waals surface area contributed by atoms with Crippen LogP contribution in [0.3, 0.4) is 0 Å². The van der Waals surface area contributed by atoms with Crippen LogP contribution in [0.1, 0.15) is 28.3 Å². The summed E-state index contributed by atoms with van der Waals surface area (Å²) in [4.78, 5) is 0. The molecule has 106 valence electrons. The van der Waals surface area contributed by atoms with Crippen molar-refractivity contribution in [2.75, 3.05) is 13.7 Å². The Hall–Kier alpha value is -1.80. The Morgan fingerprint density at radius 1 is 1.00 bits per heavy atom. The van der Waals surface area contributed by atoms with Crippen LogP contribution in [0.15, 0.2) is 42.5 Å². The van der Waals surface area contributed by atoms with Crippen LogP contribution in [0, 0.1) is 20.8 Å². The van der Waals surface area contributed by atoms with Crippen molar-refractivity contribution in [2.45, 2.75) is 26.8 Å². The molecule has 0 aliphatic carbocycles. The van der Waals surface area contributed by atoms with Crippen LogP contribution in [0.2, 0.25) is 0 Å². The summed E-state index contributed by atoms with van der Waals surface area (Å²) >= 11 is 0. The van der Waals surface area contributed by atoms with E-state index in [0.29, 0.717) is 6.61 Å². The fourth-order valence-electron chi connectivity index (χ4n) is 2.44. The third-order valence-electron chi connectivity index (χ3n) is 3.65. The largest absolute Gasteiger partial charge is 0.491 e. The van der Waals surface area contributed by atoms with Crippen LogP contribution in [0.4, 0.5) is 0 Å². The van der Waals surface area contributed by atoms with Gasteiger partial charge in [0, 0.05) is 0 Å². The van der Waals surface area contributed by atoms with Gasteiger partial charge in [-0.25, -0.2) is 0 Å². The van der Waals surface area contributed by atoms with E-state index in [9.17, 15) is 0 Å². The van der Waals surface area contributed by atoms with E-state index in [1.165, 1.54) is 22.3 Å². The average Bonchev–Trinajstić information content (AvgIpc) is 2.43. The molecular formula is C18H23NO. The number of nitrogens with one attached hydrogen (secondary N) is 1. The summed E-state index contributed by atoms with van der Waals surface area (Å²) in [5.74, 6) is 0.962. The van der Waals surface area contributed by atoms with Gasteiger partial charge in [-0.2, -0.15) is 0 Å². The second-order valence-corrected chi connectivity index (χ2v) is 5.28. The molecule has 20 heavy (non-hydrogen) atoms. The number of likely N-dealkylation sites (N-methyl/N-ethyl adjacent to an activating group) is 1. The van der Waals surface area contributed by atoms with Gasteiger partial charge in [-0.1, -0.05) is 42.0 Å². The summed E-state index contributed by atoms with van der Waals surface area (Å²) in [6, 6.07) is 14.9. The van der Waals surface area contributed by atoms with Gasteiger partial charge in [0.1, 0.15) is 12.4 Å². The molecule has 0 fully saturated rings. The molecule has 0 aliphatic heterocycles. The lowest BCUT2D eigenvalue weighted by Gasteiger charge is -2.20. The van der Waals surface area contributed by atoms with Gasteiger partial charge in [0.2, 0.25) is 0 Å². The monoisotopic (exact) mass is 269 g/mol. The molecule has 0 bridgehead atoms. The van der Waals surface area contributed by atoms with Gasteiger partial charge in [-0.05, 0) is 50.6 Å². The maximum absolute atomic E-state index is 5.99. The summed E-state index contributed by atoms with van der Waals surface area (Å²) in [5, 5.41) is 3.34. The Balaban J connectivity index is 2.10. The fraction of sp³-hybridized carbons (Fsp3) is 0.333. The molecule has 0 spiro atoms. The van der Waals surface area contributed by atoms with Gasteiger partial charge >= 0.3 is 0 Å². The van der Waals surface area contributed by atoms with Crippen LogP contribution in [-0.2, 0) is 0 Å². The molecule has 0 amide bonds. The van der Waals surface area contributed by atoms with E-state index in [1.54, 1.807) is 0 Å². The van der Waals surface area contributed by atoms with E-state index >= 15 is 0 Å². The van der Waals surface area contributed by atoms with E-state index < -0.39 is 0 Å². The van der Waals surface area contributed by atoms with E-state index in [0.717, 1.165) is 5.75 Å². The molecule has 2 aromatic carbocycles. The number of rotatable bonds is 5. The Morgan fingerprint density at radius 3 is 2.40 bits per heavy atom. The van der Waals surface area contributed by atoms with Gasteiger partial charge in [-0.15, -0.1) is 0 Å². The zero-order valence-corrected chi connectivity index (χ0v) is 12.7. The van der Waals surface area contributed by atoms with Crippen LogP contribution < -0.4 is 10.1 Å². The highest BCUT2D eigenvalue weighted by Gasteiger charge is 2.12. The van der Waals surface area contributed by atoms with Crippen LogP contribution in [0.25, 0.3) is 0 Å². The lowest BCUT2D eigenvalue weighted by atomic mass is 10.0. The fourth-order valence-corrected chi connectivity index (χ4v) is 2.44. The van der Waals surface area contributed by atoms with E-state index in [-0.39, 0.29) is 6.04 Å². The molecule has 0 radical (unpaired) electrons. The minimum Gasteiger partial charge on any atom is -0.491 e. The van der Waals surface area contributed by atoms with Crippen molar-refractivity contribution >= 4 is 0 Å². The van der Waals surface area contributed by atoms with Crippen LogP contribution >= 0.6 is 0 Å². The summed E-state index contributed by atoms with van der Waals surface area (Å²) in [5.41, 5.74) is 5.03. The smallest absolute Gasteiger partial charge is 0.122 e. The minimum absolute atomic E-state index is 0.205. The highest BCUT2D eigenvalue weighted by molar-refractivity contribution is 5.36. The second-order valence-electron chi connectivity index (χ2n) is 5.28. The highest BCUT2D eigenvalue weighted by Crippen LogP contribution is 2.22. The first-order valence-electron chi connectivity index (χ1n) is 7.04. The number of ether oxygens (including phenoxy) is 1. The Labute approximate surface area is 121 Å². The number of hydrogen-bond acceptors (Lipinski definition) is 2. The van der Waals surface area contributed by atoms with E-state index in [1.807, 2.05) is 7.05 Å². The lowest BCUT2D eigenvalue weighted by molar-refractivity contribution is 0.271. The van der Waals surface area contributed by atoms with Crippen molar-refractivity contribution in [3.8, 4) is 5.75 Å². The predicted octanol–water partition coefficient (Wildman–Crippen LogP) is 3.95. The molecule has 0 heterocycles. The maximum Gasteiger partial charge on any atom is 0.122 e. The molecule has 0 aliphatic rings. The highest BCUT2D eigenvalue weighted by atomic mass is 16.5. The van der Waals surface area contributed by atoms with E-state index in [4.69, 9.17) is 4.74 Å². The van der Waals surface area contributed by atoms with Crippen molar-refractivity contribution in [1.29, 1.82) is 0 Å². The van der Waals surface area contributed by atoms with Crippen molar-refractivity contribution < 1.29 is 4.74 Å². The van der Waals surface area contributed by atoms with Crippen molar-refractivity contribution in [2.24, 2.45) is 0 Å². The Bertz CT molecular complexity index is 577. The molecular weight excluding hydrogens is 246 g/mol. The molecule has 2 rings (SSSR count). The normalized spacial score (nSPS) is 12.2. The van der Waals surface area contributed by atoms with Crippen LogP contribution in [0.5, 0.6) is 5.75 Å². The third-order valence-corrected chi connectivity index (χ3v) is 3.65. The van der Waals surface area contributed by atoms with Crippen molar-refractivity contribution in [3.63, 3.8) is 0 Å². The predicted molar refractivity (Wildman–Crippen MR) is 84.4 cm³/mol. The van der Waals surface area contributed by atoms with Gasteiger partial charge in [0.25, 0.3) is 0 Å². The van der Waals surface area contributed by atoms with Crippen molar-refractivity contribution in [3.05, 3.63) is 64.7 Å². The lowest BCUT2D eigenvalue weighted by Crippen LogP contribution is -2.24. The first-order valence-corrected chi connectivity index (χ1v) is 7.04. The molecule has 1 unspecified atom stereocenters. The summed E-state index contributed by atoms with van der Waals surface area (Å²) < 4.78 is 5.99. The molecule has 2 heteroatoms. The molecule has 1 atom stereocenters. The molecule has 2 nitrogen and oxygen atoms in total. The Kier molecular flexibility index (Phi) is 4.80. The van der Waals surface area contributed by atoms with Gasteiger partial charge < -0.3 is 10.1 Å². The number of hydrogen-bond donors (Lipinski definition) is 1. The van der Waals surface area contributed by atoms with E-state index in [2.05, 4.69) is 68.6 Å². The first kappa shape index (κ1) is 14.6. The van der Waals surface area contributed by atoms with Crippen LogP contribution in [-0.4, -0.2) is 13.7 Å². The number of aryl methyl sites for hydroxylation is 3. The molecule has 1 N–H and O–H groups in total. The quantitative estimate of drug-likeness (QED) is 0.887. The summed E-state index contributed by atoms with van der Waals surface area (Å²) in [6.07, 6.45) is 0. The summed E-state index contributed by atoms with van der Waals surface area (Å²) in [6.45, 7) is 6.95. The topological polar surface area (TPSA) is 21.3 Å². The Morgan fingerprint density at radius 2 is 1.75 bits per heavy atom. The van der Waals surface area contributed by atoms with Crippen molar-refractivity contribution in [1.82, 2.24) is 5.32 Å². The zero-order valence-electron chi connectivity index (χ0n) is 12.7. The maximum atomic E-state index is 5.99. The SMILES string of the molecule is CNC(COc1ccc(C)cc1C)c1ccccc1C. The molecule has 0 saturated heterocycles. The minimum atomic E-state index is 0.205. The average molecular weight is 269 g/mol. The molecule has 0 aromatic heterocycles. The third kappa shape index (κ3) is 3.40. The second kappa shape index (κ2) is 6.58. The zero-order chi connectivity index (χ0) is 14.5. The van der Waals surface area contributed by atoms with Gasteiger partial charge in [-0.3, -0.25) is 0 Å².